The van der Waals surface area contributed by atoms with Crippen LogP contribution < -0.4 is 5.73 Å². The molecule has 2 N–H and O–H groups in total. The molecular formula is C14H20F3NO2. The van der Waals surface area contributed by atoms with Crippen LogP contribution in [-0.2, 0) is 15.7 Å². The Kier molecular flexibility index (Phi) is 6.98. The summed E-state index contributed by atoms with van der Waals surface area (Å²) in [6.07, 6.45) is -3.42. The van der Waals surface area contributed by atoms with Crippen LogP contribution in [0.4, 0.5) is 13.2 Å². The summed E-state index contributed by atoms with van der Waals surface area (Å²) in [5, 5.41) is 0. The van der Waals surface area contributed by atoms with E-state index in [-0.39, 0.29) is 6.61 Å². The Morgan fingerprint density at radius 2 is 1.85 bits per heavy atom. The summed E-state index contributed by atoms with van der Waals surface area (Å²) in [6, 6.07) is 4.42. The molecule has 1 aromatic carbocycles. The molecule has 0 heterocycles. The van der Waals surface area contributed by atoms with E-state index in [9.17, 15) is 13.2 Å². The molecule has 0 fully saturated rings. The van der Waals surface area contributed by atoms with Crippen molar-refractivity contribution in [3.8, 4) is 0 Å². The maximum atomic E-state index is 12.6. The molecule has 0 aliphatic rings. The zero-order chi connectivity index (χ0) is 15.0. The van der Waals surface area contributed by atoms with Crippen molar-refractivity contribution >= 4 is 0 Å². The number of benzene rings is 1. The van der Waals surface area contributed by atoms with Gasteiger partial charge in [0.1, 0.15) is 0 Å². The van der Waals surface area contributed by atoms with E-state index in [2.05, 4.69) is 0 Å². The van der Waals surface area contributed by atoms with Gasteiger partial charge in [-0.15, -0.1) is 0 Å². The minimum Gasteiger partial charge on any atom is -0.379 e. The van der Waals surface area contributed by atoms with Crippen molar-refractivity contribution in [2.45, 2.75) is 25.6 Å². The lowest BCUT2D eigenvalue weighted by Gasteiger charge is -2.15. The number of hydrogen-bond donors (Lipinski definition) is 1. The molecule has 0 aliphatic carbocycles. The highest BCUT2D eigenvalue weighted by Gasteiger charge is 2.30. The molecule has 20 heavy (non-hydrogen) atoms. The van der Waals surface area contributed by atoms with Crippen molar-refractivity contribution in [3.63, 3.8) is 0 Å². The van der Waals surface area contributed by atoms with Gasteiger partial charge in [-0.05, 0) is 24.1 Å². The molecule has 0 spiro atoms. The molecule has 1 aromatic rings. The zero-order valence-corrected chi connectivity index (χ0v) is 11.5. The lowest BCUT2D eigenvalue weighted by atomic mass is 10.1. The van der Waals surface area contributed by atoms with Crippen molar-refractivity contribution in [2.75, 3.05) is 26.4 Å². The third kappa shape index (κ3) is 5.90. The second kappa shape index (κ2) is 8.24. The highest BCUT2D eigenvalue weighted by molar-refractivity contribution is 5.27. The maximum absolute atomic E-state index is 12.6. The fourth-order valence-corrected chi connectivity index (χ4v) is 1.62. The molecule has 0 saturated carbocycles. The number of halogens is 3. The Balaban J connectivity index is 2.41. The Morgan fingerprint density at radius 3 is 2.50 bits per heavy atom. The molecule has 6 heteroatoms. The summed E-state index contributed by atoms with van der Waals surface area (Å²) < 4.78 is 48.2. The average Bonchev–Trinajstić information content (AvgIpc) is 2.41. The van der Waals surface area contributed by atoms with Crippen molar-refractivity contribution in [1.82, 2.24) is 0 Å². The van der Waals surface area contributed by atoms with Gasteiger partial charge in [0.25, 0.3) is 0 Å². The summed E-state index contributed by atoms with van der Waals surface area (Å²) in [5.41, 5.74) is 5.53. The van der Waals surface area contributed by atoms with Crippen molar-refractivity contribution in [1.29, 1.82) is 0 Å². The van der Waals surface area contributed by atoms with Gasteiger partial charge in [0, 0.05) is 6.61 Å². The standard InChI is InChI=1S/C14H20F3NO2/c1-2-6-19-7-8-20-10-13(18)11-4-3-5-12(9-11)14(15,16)17/h3-5,9,13H,2,6-8,10,18H2,1H3. The van der Waals surface area contributed by atoms with Crippen molar-refractivity contribution < 1.29 is 22.6 Å². The first-order valence-corrected chi connectivity index (χ1v) is 6.53. The highest BCUT2D eigenvalue weighted by Crippen LogP contribution is 2.30. The fourth-order valence-electron chi connectivity index (χ4n) is 1.62. The first-order chi connectivity index (χ1) is 9.45. The zero-order valence-electron chi connectivity index (χ0n) is 11.5. The largest absolute Gasteiger partial charge is 0.416 e. The summed E-state index contributed by atoms with van der Waals surface area (Å²) in [5.74, 6) is 0. The third-order valence-electron chi connectivity index (χ3n) is 2.66. The second-order valence-electron chi connectivity index (χ2n) is 4.42. The molecule has 0 amide bonds. The fraction of sp³-hybridized carbons (Fsp3) is 0.571. The lowest BCUT2D eigenvalue weighted by Crippen LogP contribution is -2.19. The summed E-state index contributed by atoms with van der Waals surface area (Å²) in [4.78, 5) is 0. The van der Waals surface area contributed by atoms with Gasteiger partial charge in [-0.25, -0.2) is 0 Å². The average molecular weight is 291 g/mol. The number of rotatable bonds is 8. The van der Waals surface area contributed by atoms with Crippen LogP contribution >= 0.6 is 0 Å². The number of alkyl halides is 3. The Bertz CT molecular complexity index is 396. The summed E-state index contributed by atoms with van der Waals surface area (Å²) in [7, 11) is 0. The lowest BCUT2D eigenvalue weighted by molar-refractivity contribution is -0.137. The van der Waals surface area contributed by atoms with Crippen LogP contribution in [0.15, 0.2) is 24.3 Å². The Morgan fingerprint density at radius 1 is 1.15 bits per heavy atom. The molecular weight excluding hydrogens is 271 g/mol. The van der Waals surface area contributed by atoms with Gasteiger partial charge in [-0.1, -0.05) is 19.1 Å². The quantitative estimate of drug-likeness (QED) is 0.748. The van der Waals surface area contributed by atoms with Gasteiger partial charge in [-0.3, -0.25) is 0 Å². The van der Waals surface area contributed by atoms with E-state index in [1.54, 1.807) is 6.07 Å². The summed E-state index contributed by atoms with van der Waals surface area (Å²) in [6.45, 7) is 3.68. The normalized spacial score (nSPS) is 13.4. The molecule has 1 unspecified atom stereocenters. The Hall–Kier alpha value is -1.11. The predicted octanol–water partition coefficient (Wildman–Crippen LogP) is 3.15. The molecule has 0 bridgehead atoms. The first kappa shape index (κ1) is 16.9. The van der Waals surface area contributed by atoms with Gasteiger partial charge < -0.3 is 15.2 Å². The van der Waals surface area contributed by atoms with Crippen LogP contribution in [0.5, 0.6) is 0 Å². The van der Waals surface area contributed by atoms with Gasteiger partial charge in [0.2, 0.25) is 0 Å². The second-order valence-corrected chi connectivity index (χ2v) is 4.42. The monoisotopic (exact) mass is 291 g/mol. The van der Waals surface area contributed by atoms with Gasteiger partial charge in [0.15, 0.2) is 0 Å². The Labute approximate surface area is 116 Å². The number of hydrogen-bond acceptors (Lipinski definition) is 3. The van der Waals surface area contributed by atoms with E-state index in [0.29, 0.717) is 25.4 Å². The SMILES string of the molecule is CCCOCCOCC(N)c1cccc(C(F)(F)F)c1. The van der Waals surface area contributed by atoms with E-state index in [1.807, 2.05) is 6.92 Å². The smallest absolute Gasteiger partial charge is 0.379 e. The van der Waals surface area contributed by atoms with E-state index in [0.717, 1.165) is 18.6 Å². The topological polar surface area (TPSA) is 44.5 Å². The van der Waals surface area contributed by atoms with E-state index in [4.69, 9.17) is 15.2 Å². The molecule has 0 aliphatic heterocycles. The molecule has 1 rings (SSSR count). The van der Waals surface area contributed by atoms with E-state index in [1.165, 1.54) is 6.07 Å². The van der Waals surface area contributed by atoms with Crippen LogP contribution in [-0.4, -0.2) is 26.4 Å². The molecule has 114 valence electrons. The number of ether oxygens (including phenoxy) is 2. The third-order valence-corrected chi connectivity index (χ3v) is 2.66. The highest BCUT2D eigenvalue weighted by atomic mass is 19.4. The minimum absolute atomic E-state index is 0.163. The summed E-state index contributed by atoms with van der Waals surface area (Å²) >= 11 is 0. The van der Waals surface area contributed by atoms with Gasteiger partial charge in [-0.2, -0.15) is 13.2 Å². The molecule has 0 aromatic heterocycles. The molecule has 1 atom stereocenters. The van der Waals surface area contributed by atoms with E-state index >= 15 is 0 Å². The van der Waals surface area contributed by atoms with Crippen LogP contribution in [0.2, 0.25) is 0 Å². The van der Waals surface area contributed by atoms with Crippen LogP contribution in [0.3, 0.4) is 0 Å². The minimum atomic E-state index is -4.36. The van der Waals surface area contributed by atoms with Gasteiger partial charge in [0.05, 0.1) is 31.4 Å². The van der Waals surface area contributed by atoms with Crippen molar-refractivity contribution in [3.05, 3.63) is 35.4 Å². The molecule has 0 radical (unpaired) electrons. The van der Waals surface area contributed by atoms with Gasteiger partial charge >= 0.3 is 6.18 Å². The van der Waals surface area contributed by atoms with Crippen LogP contribution in [0.1, 0.15) is 30.5 Å². The van der Waals surface area contributed by atoms with Crippen molar-refractivity contribution in [2.24, 2.45) is 5.73 Å². The molecule has 0 saturated heterocycles. The van der Waals surface area contributed by atoms with E-state index < -0.39 is 17.8 Å². The maximum Gasteiger partial charge on any atom is 0.416 e. The first-order valence-electron chi connectivity index (χ1n) is 6.53. The molecule has 3 nitrogen and oxygen atoms in total. The number of nitrogens with two attached hydrogens (primary N) is 1. The van der Waals surface area contributed by atoms with Crippen LogP contribution in [0, 0.1) is 0 Å². The van der Waals surface area contributed by atoms with Crippen LogP contribution in [0.25, 0.3) is 0 Å². The predicted molar refractivity (Wildman–Crippen MR) is 70.3 cm³/mol.